The summed E-state index contributed by atoms with van der Waals surface area (Å²) in [4.78, 5) is 0. The number of rotatable bonds is 0. The van der Waals surface area contributed by atoms with Gasteiger partial charge in [-0.1, -0.05) is 0 Å². The summed E-state index contributed by atoms with van der Waals surface area (Å²) in [6.45, 7) is 0.715. The Morgan fingerprint density at radius 1 is 1.58 bits per heavy atom. The van der Waals surface area contributed by atoms with Crippen LogP contribution in [-0.4, -0.2) is 14.5 Å². The van der Waals surface area contributed by atoms with Crippen LogP contribution in [0.1, 0.15) is 5.56 Å². The minimum Gasteiger partial charge on any atom is -0.494 e. The van der Waals surface area contributed by atoms with Crippen LogP contribution in [0.4, 0.5) is 5.69 Å². The number of nitrogen functional groups attached to an aromatic ring is 1. The lowest BCUT2D eigenvalue weighted by molar-refractivity contribution is 0.359. The van der Waals surface area contributed by atoms with Crippen molar-refractivity contribution in [2.24, 2.45) is 0 Å². The maximum absolute atomic E-state index is 5.81. The van der Waals surface area contributed by atoms with E-state index in [2.05, 4.69) is 9.24 Å². The van der Waals surface area contributed by atoms with Crippen LogP contribution in [0.3, 0.4) is 0 Å². The Morgan fingerprint density at radius 3 is 3.08 bits per heavy atom. The third-order valence-electron chi connectivity index (χ3n) is 2.08. The van der Waals surface area contributed by atoms with Gasteiger partial charge in [0.25, 0.3) is 0 Å². The average Bonchev–Trinajstić information content (AvgIpc) is 2.48. The lowest BCUT2D eigenvalue weighted by atomic mass is 9.92. The molecule has 1 heterocycles. The fourth-order valence-corrected chi connectivity index (χ4v) is 1.62. The second-order valence-electron chi connectivity index (χ2n) is 2.88. The second-order valence-corrected chi connectivity index (χ2v) is 3.46. The zero-order valence-electron chi connectivity index (χ0n) is 6.63. The first-order valence-corrected chi connectivity index (χ1v) is 4.37. The third-order valence-corrected chi connectivity index (χ3v) is 2.73. The lowest BCUT2D eigenvalue weighted by Gasteiger charge is -2.09. The number of fused-ring (bicyclic) bond motifs is 1. The molecule has 2 nitrogen and oxygen atoms in total. The van der Waals surface area contributed by atoms with Crippen molar-refractivity contribution in [1.82, 2.24) is 0 Å². The molecule has 0 saturated carbocycles. The van der Waals surface area contributed by atoms with Crippen molar-refractivity contribution in [3.63, 3.8) is 0 Å². The quantitative estimate of drug-likeness (QED) is 0.329. The number of hydrogen-bond donors (Lipinski definition) is 1. The van der Waals surface area contributed by atoms with Crippen LogP contribution in [0, 0.1) is 0 Å². The molecule has 0 bridgehead atoms. The van der Waals surface area contributed by atoms with Gasteiger partial charge in [0.1, 0.15) is 13.6 Å². The molecule has 1 atom stereocenters. The largest absolute Gasteiger partial charge is 0.494 e. The smallest absolute Gasteiger partial charge is 0.120 e. The maximum Gasteiger partial charge on any atom is 0.120 e. The van der Waals surface area contributed by atoms with Crippen molar-refractivity contribution in [3.8, 4) is 5.75 Å². The van der Waals surface area contributed by atoms with Crippen molar-refractivity contribution in [3.05, 3.63) is 11.6 Å². The summed E-state index contributed by atoms with van der Waals surface area (Å²) in [5, 5.41) is 0.843. The molecule has 1 aromatic rings. The molecule has 0 saturated heterocycles. The Bertz CT molecular complexity index is 340. The molecule has 0 aromatic heterocycles. The zero-order chi connectivity index (χ0) is 8.72. The molecular formula is C8H9BNOP. The predicted molar refractivity (Wildman–Crippen MR) is 54.8 cm³/mol. The van der Waals surface area contributed by atoms with E-state index >= 15 is 0 Å². The average molecular weight is 177 g/mol. The standard InChI is InChI=1S/C8H9BNOP/c9-6-7-4(1-2-11-7)3-5(10)8(6)12/h3H,1-2,10,12H2. The van der Waals surface area contributed by atoms with Crippen LogP contribution >= 0.6 is 9.24 Å². The summed E-state index contributed by atoms with van der Waals surface area (Å²) in [5.41, 5.74) is 8.24. The summed E-state index contributed by atoms with van der Waals surface area (Å²) < 4.78 is 5.37. The molecule has 0 aliphatic carbocycles. The Morgan fingerprint density at radius 2 is 2.33 bits per heavy atom. The van der Waals surface area contributed by atoms with E-state index in [9.17, 15) is 0 Å². The molecule has 0 spiro atoms. The minimum atomic E-state index is 0.660. The van der Waals surface area contributed by atoms with Gasteiger partial charge in [-0.3, -0.25) is 0 Å². The van der Waals surface area contributed by atoms with Crippen LogP contribution < -0.4 is 21.2 Å². The molecule has 1 unspecified atom stereocenters. The van der Waals surface area contributed by atoms with E-state index in [0.29, 0.717) is 12.1 Å². The van der Waals surface area contributed by atoms with E-state index < -0.39 is 0 Å². The van der Waals surface area contributed by atoms with Crippen molar-refractivity contribution >= 4 is 33.5 Å². The van der Waals surface area contributed by atoms with E-state index in [0.717, 1.165) is 28.7 Å². The van der Waals surface area contributed by atoms with E-state index in [1.54, 1.807) is 0 Å². The number of anilines is 1. The fourth-order valence-electron chi connectivity index (χ4n) is 1.40. The minimum absolute atomic E-state index is 0.660. The molecule has 60 valence electrons. The topological polar surface area (TPSA) is 35.2 Å². The Hall–Kier alpha value is -0.685. The van der Waals surface area contributed by atoms with Crippen LogP contribution in [0.15, 0.2) is 6.07 Å². The van der Waals surface area contributed by atoms with Crippen molar-refractivity contribution < 1.29 is 4.74 Å². The summed E-state index contributed by atoms with van der Waals surface area (Å²) in [7, 11) is 8.34. The molecule has 0 amide bonds. The van der Waals surface area contributed by atoms with Gasteiger partial charge >= 0.3 is 0 Å². The van der Waals surface area contributed by atoms with Gasteiger partial charge in [0, 0.05) is 12.1 Å². The molecule has 1 aliphatic heterocycles. The van der Waals surface area contributed by atoms with Gasteiger partial charge in [0.15, 0.2) is 0 Å². The first-order chi connectivity index (χ1) is 5.70. The molecule has 1 aliphatic rings. The third kappa shape index (κ3) is 1.00. The maximum atomic E-state index is 5.81. The second kappa shape index (κ2) is 2.67. The van der Waals surface area contributed by atoms with E-state index in [-0.39, 0.29) is 0 Å². The first kappa shape index (κ1) is 7.94. The normalized spacial score (nSPS) is 14.1. The monoisotopic (exact) mass is 177 g/mol. The van der Waals surface area contributed by atoms with Crippen LogP contribution in [0.25, 0.3) is 0 Å². The summed E-state index contributed by atoms with van der Waals surface area (Å²) >= 11 is 0. The highest BCUT2D eigenvalue weighted by Gasteiger charge is 2.16. The number of ether oxygens (including phenoxy) is 1. The van der Waals surface area contributed by atoms with Gasteiger partial charge in [-0.05, 0) is 22.4 Å². The van der Waals surface area contributed by atoms with Crippen molar-refractivity contribution in [1.29, 1.82) is 0 Å². The lowest BCUT2D eigenvalue weighted by Crippen LogP contribution is -2.24. The Balaban J connectivity index is 2.67. The van der Waals surface area contributed by atoms with Crippen molar-refractivity contribution in [2.75, 3.05) is 12.3 Å². The van der Waals surface area contributed by atoms with E-state index in [1.807, 2.05) is 6.07 Å². The van der Waals surface area contributed by atoms with Gasteiger partial charge in [-0.15, -0.1) is 9.24 Å². The van der Waals surface area contributed by atoms with Crippen molar-refractivity contribution in [2.45, 2.75) is 6.42 Å². The number of benzene rings is 1. The summed E-state index contributed by atoms with van der Waals surface area (Å²) in [5.74, 6) is 0.814. The summed E-state index contributed by atoms with van der Waals surface area (Å²) in [6, 6.07) is 1.93. The molecule has 1 aromatic carbocycles. The molecule has 12 heavy (non-hydrogen) atoms. The first-order valence-electron chi connectivity index (χ1n) is 3.79. The van der Waals surface area contributed by atoms with E-state index in [4.69, 9.17) is 18.3 Å². The fraction of sp³-hybridized carbons (Fsp3) is 0.250. The molecular weight excluding hydrogens is 168 g/mol. The molecule has 2 rings (SSSR count). The van der Waals surface area contributed by atoms with Gasteiger partial charge in [0.2, 0.25) is 0 Å². The predicted octanol–water partition coefficient (Wildman–Crippen LogP) is -0.502. The van der Waals surface area contributed by atoms with Gasteiger partial charge in [0.05, 0.1) is 6.61 Å². The highest BCUT2D eigenvalue weighted by atomic mass is 31.0. The number of hydrogen-bond acceptors (Lipinski definition) is 2. The molecule has 2 radical (unpaired) electrons. The van der Waals surface area contributed by atoms with Crippen LogP contribution in [0.2, 0.25) is 0 Å². The SMILES string of the molecule is [B]c1c(P)c(N)cc2c1OCC2. The van der Waals surface area contributed by atoms with Gasteiger partial charge < -0.3 is 10.5 Å². The molecule has 0 fully saturated rings. The Labute approximate surface area is 75.1 Å². The van der Waals surface area contributed by atoms with Gasteiger partial charge in [-0.25, -0.2) is 0 Å². The van der Waals surface area contributed by atoms with Gasteiger partial charge in [-0.2, -0.15) is 0 Å². The highest BCUT2D eigenvalue weighted by Crippen LogP contribution is 2.24. The molecule has 2 N–H and O–H groups in total. The van der Waals surface area contributed by atoms with Crippen LogP contribution in [0.5, 0.6) is 5.75 Å². The van der Waals surface area contributed by atoms with Crippen LogP contribution in [-0.2, 0) is 6.42 Å². The number of nitrogens with two attached hydrogens (primary N) is 1. The zero-order valence-corrected chi connectivity index (χ0v) is 7.79. The van der Waals surface area contributed by atoms with E-state index in [1.165, 1.54) is 0 Å². The highest BCUT2D eigenvalue weighted by molar-refractivity contribution is 7.29. The molecule has 4 heteroatoms. The Kier molecular flexibility index (Phi) is 1.77. The summed E-state index contributed by atoms with van der Waals surface area (Å²) in [6.07, 6.45) is 0.911.